The molecule has 1 N–H and O–H groups in total. The lowest BCUT2D eigenvalue weighted by atomic mass is 10.2. The highest BCUT2D eigenvalue weighted by atomic mass is 16.5. The Morgan fingerprint density at radius 1 is 1.21 bits per heavy atom. The Kier molecular flexibility index (Phi) is 4.30. The summed E-state index contributed by atoms with van der Waals surface area (Å²) >= 11 is 0. The number of nitrogens with one attached hydrogen (secondary N) is 1. The van der Waals surface area contributed by atoms with Crippen molar-refractivity contribution in [2.24, 2.45) is 0 Å². The molecule has 1 heterocycles. The standard InChI is InChI=1S/C14H17N3O2/c1-10-6-4-5-7-11(10)19-14-8-12(15-2)16-13(17-14)9-18-3/h4-8H,9H2,1-3H3,(H,15,16,17). The molecule has 0 saturated carbocycles. The maximum absolute atomic E-state index is 5.79. The molecule has 5 nitrogen and oxygen atoms in total. The molecule has 0 aliphatic heterocycles. The lowest BCUT2D eigenvalue weighted by Crippen LogP contribution is -2.03. The molecule has 0 unspecified atom stereocenters. The molecular weight excluding hydrogens is 242 g/mol. The van der Waals surface area contributed by atoms with Crippen molar-refractivity contribution in [2.45, 2.75) is 13.5 Å². The number of para-hydroxylation sites is 1. The molecule has 0 fully saturated rings. The normalized spacial score (nSPS) is 10.3. The van der Waals surface area contributed by atoms with Gasteiger partial charge in [-0.3, -0.25) is 0 Å². The second-order valence-corrected chi connectivity index (χ2v) is 4.06. The van der Waals surface area contributed by atoms with E-state index in [4.69, 9.17) is 9.47 Å². The van der Waals surface area contributed by atoms with Crippen LogP contribution in [0, 0.1) is 6.92 Å². The van der Waals surface area contributed by atoms with E-state index in [1.54, 1.807) is 20.2 Å². The van der Waals surface area contributed by atoms with Crippen LogP contribution in [0.15, 0.2) is 30.3 Å². The second kappa shape index (κ2) is 6.15. The van der Waals surface area contributed by atoms with Crippen LogP contribution in [0.5, 0.6) is 11.6 Å². The summed E-state index contributed by atoms with van der Waals surface area (Å²) in [6.07, 6.45) is 0. The van der Waals surface area contributed by atoms with Gasteiger partial charge in [0.1, 0.15) is 18.2 Å². The highest BCUT2D eigenvalue weighted by Gasteiger charge is 2.07. The van der Waals surface area contributed by atoms with Crippen molar-refractivity contribution in [3.05, 3.63) is 41.7 Å². The predicted molar refractivity (Wildman–Crippen MR) is 73.5 cm³/mol. The van der Waals surface area contributed by atoms with Crippen LogP contribution < -0.4 is 10.1 Å². The lowest BCUT2D eigenvalue weighted by molar-refractivity contribution is 0.177. The third kappa shape index (κ3) is 3.42. The number of methoxy groups -OCH3 is 1. The van der Waals surface area contributed by atoms with Crippen LogP contribution in [0.25, 0.3) is 0 Å². The fourth-order valence-electron chi connectivity index (χ4n) is 1.63. The number of ether oxygens (including phenoxy) is 2. The predicted octanol–water partition coefficient (Wildman–Crippen LogP) is 2.77. The van der Waals surface area contributed by atoms with Gasteiger partial charge in [-0.05, 0) is 18.6 Å². The molecule has 0 amide bonds. The number of aryl methyl sites for hydroxylation is 1. The van der Waals surface area contributed by atoms with Gasteiger partial charge < -0.3 is 14.8 Å². The van der Waals surface area contributed by atoms with Gasteiger partial charge in [-0.15, -0.1) is 0 Å². The van der Waals surface area contributed by atoms with Crippen molar-refractivity contribution in [1.29, 1.82) is 0 Å². The zero-order valence-electron chi connectivity index (χ0n) is 11.3. The lowest BCUT2D eigenvalue weighted by Gasteiger charge is -2.10. The van der Waals surface area contributed by atoms with E-state index in [2.05, 4.69) is 15.3 Å². The zero-order valence-corrected chi connectivity index (χ0v) is 11.3. The van der Waals surface area contributed by atoms with Crippen LogP contribution >= 0.6 is 0 Å². The second-order valence-electron chi connectivity index (χ2n) is 4.06. The quantitative estimate of drug-likeness (QED) is 0.894. The zero-order chi connectivity index (χ0) is 13.7. The smallest absolute Gasteiger partial charge is 0.224 e. The van der Waals surface area contributed by atoms with E-state index in [-0.39, 0.29) is 0 Å². The van der Waals surface area contributed by atoms with Gasteiger partial charge >= 0.3 is 0 Å². The molecule has 2 rings (SSSR count). The molecule has 0 spiro atoms. The average molecular weight is 259 g/mol. The maximum Gasteiger partial charge on any atom is 0.224 e. The fraction of sp³-hybridized carbons (Fsp3) is 0.286. The van der Waals surface area contributed by atoms with Crippen LogP contribution in [0.1, 0.15) is 11.4 Å². The third-order valence-electron chi connectivity index (χ3n) is 2.59. The number of rotatable bonds is 5. The van der Waals surface area contributed by atoms with E-state index in [0.29, 0.717) is 24.1 Å². The first kappa shape index (κ1) is 13.3. The Morgan fingerprint density at radius 2 is 2.00 bits per heavy atom. The van der Waals surface area contributed by atoms with E-state index in [1.807, 2.05) is 31.2 Å². The summed E-state index contributed by atoms with van der Waals surface area (Å²) in [5, 5.41) is 2.98. The van der Waals surface area contributed by atoms with E-state index in [1.165, 1.54) is 0 Å². The fourth-order valence-corrected chi connectivity index (χ4v) is 1.63. The van der Waals surface area contributed by atoms with E-state index >= 15 is 0 Å². The minimum atomic E-state index is 0.347. The summed E-state index contributed by atoms with van der Waals surface area (Å²) in [5.41, 5.74) is 1.06. The van der Waals surface area contributed by atoms with Crippen molar-refractivity contribution in [1.82, 2.24) is 9.97 Å². The van der Waals surface area contributed by atoms with Crippen LogP contribution in [0.3, 0.4) is 0 Å². The summed E-state index contributed by atoms with van der Waals surface area (Å²) in [6.45, 7) is 2.34. The SMILES string of the molecule is CNc1cc(Oc2ccccc2C)nc(COC)n1. The first-order valence-electron chi connectivity index (χ1n) is 6.01. The van der Waals surface area contributed by atoms with Gasteiger partial charge in [0.15, 0.2) is 5.82 Å². The summed E-state index contributed by atoms with van der Waals surface area (Å²) in [6, 6.07) is 9.56. The topological polar surface area (TPSA) is 56.3 Å². The van der Waals surface area contributed by atoms with Crippen LogP contribution in [0.2, 0.25) is 0 Å². The van der Waals surface area contributed by atoms with E-state index in [0.717, 1.165) is 11.3 Å². The molecule has 2 aromatic rings. The molecule has 100 valence electrons. The van der Waals surface area contributed by atoms with Crippen LogP contribution in [-0.2, 0) is 11.3 Å². The number of benzene rings is 1. The molecule has 0 bridgehead atoms. The summed E-state index contributed by atoms with van der Waals surface area (Å²) in [5.74, 6) is 2.57. The highest BCUT2D eigenvalue weighted by molar-refractivity contribution is 5.41. The van der Waals surface area contributed by atoms with Crippen LogP contribution in [-0.4, -0.2) is 24.1 Å². The Labute approximate surface area is 112 Å². The molecule has 0 radical (unpaired) electrons. The molecule has 1 aromatic carbocycles. The summed E-state index contributed by atoms with van der Waals surface area (Å²) < 4.78 is 10.8. The van der Waals surface area contributed by atoms with Gasteiger partial charge in [0.05, 0.1) is 0 Å². The largest absolute Gasteiger partial charge is 0.439 e. The maximum atomic E-state index is 5.79. The Hall–Kier alpha value is -2.14. The molecule has 1 aromatic heterocycles. The van der Waals surface area contributed by atoms with Gasteiger partial charge in [-0.2, -0.15) is 4.98 Å². The first-order valence-corrected chi connectivity index (χ1v) is 6.01. The van der Waals surface area contributed by atoms with Crippen molar-refractivity contribution in [3.8, 4) is 11.6 Å². The third-order valence-corrected chi connectivity index (χ3v) is 2.59. The van der Waals surface area contributed by atoms with Crippen LogP contribution in [0.4, 0.5) is 5.82 Å². The van der Waals surface area contributed by atoms with Crippen molar-refractivity contribution in [2.75, 3.05) is 19.5 Å². The Balaban J connectivity index is 2.29. The molecule has 0 saturated heterocycles. The highest BCUT2D eigenvalue weighted by Crippen LogP contribution is 2.24. The molecule has 19 heavy (non-hydrogen) atoms. The monoisotopic (exact) mass is 259 g/mol. The number of anilines is 1. The minimum absolute atomic E-state index is 0.347. The summed E-state index contributed by atoms with van der Waals surface area (Å²) in [4.78, 5) is 8.59. The molecule has 0 aliphatic rings. The molecule has 0 atom stereocenters. The average Bonchev–Trinajstić information content (AvgIpc) is 2.41. The van der Waals surface area contributed by atoms with Crippen molar-refractivity contribution in [3.63, 3.8) is 0 Å². The first-order chi connectivity index (χ1) is 9.22. The van der Waals surface area contributed by atoms with Gasteiger partial charge in [0.2, 0.25) is 5.88 Å². The van der Waals surface area contributed by atoms with Gasteiger partial charge in [0.25, 0.3) is 0 Å². The summed E-state index contributed by atoms with van der Waals surface area (Å²) in [7, 11) is 3.41. The van der Waals surface area contributed by atoms with E-state index < -0.39 is 0 Å². The number of hydrogen-bond acceptors (Lipinski definition) is 5. The van der Waals surface area contributed by atoms with Gasteiger partial charge in [-0.1, -0.05) is 18.2 Å². The molecule has 0 aliphatic carbocycles. The van der Waals surface area contributed by atoms with Gasteiger partial charge in [-0.25, -0.2) is 4.98 Å². The Bertz CT molecular complexity index is 558. The Morgan fingerprint density at radius 3 is 2.68 bits per heavy atom. The van der Waals surface area contributed by atoms with Crippen molar-refractivity contribution >= 4 is 5.82 Å². The number of hydrogen-bond donors (Lipinski definition) is 1. The molecule has 5 heteroatoms. The van der Waals surface area contributed by atoms with E-state index in [9.17, 15) is 0 Å². The number of aromatic nitrogens is 2. The molecular formula is C14H17N3O2. The number of nitrogens with zero attached hydrogens (tertiary/aromatic N) is 2. The van der Waals surface area contributed by atoms with Gasteiger partial charge in [0, 0.05) is 20.2 Å². The van der Waals surface area contributed by atoms with Crippen molar-refractivity contribution < 1.29 is 9.47 Å². The minimum Gasteiger partial charge on any atom is -0.439 e.